The van der Waals surface area contributed by atoms with Gasteiger partial charge in [-0.3, -0.25) is 4.57 Å². The van der Waals surface area contributed by atoms with Crippen molar-refractivity contribution in [1.29, 1.82) is 0 Å². The fraction of sp³-hybridized carbons (Fsp3) is 0. The summed E-state index contributed by atoms with van der Waals surface area (Å²) >= 11 is 0. The number of aromatic nitrogens is 2. The second kappa shape index (κ2) is 10.1. The molecule has 0 radical (unpaired) electrons. The molecule has 42 heavy (non-hydrogen) atoms. The third-order valence-electron chi connectivity index (χ3n) is 7.86. The molecule has 0 saturated heterocycles. The van der Waals surface area contributed by atoms with Crippen molar-refractivity contribution < 1.29 is 4.74 Å². The van der Waals surface area contributed by atoms with Gasteiger partial charge in [0, 0.05) is 22.4 Å². The average Bonchev–Trinajstić information content (AvgIpc) is 3.44. The Labute approximate surface area is 244 Å². The first-order valence-corrected chi connectivity index (χ1v) is 14.1. The maximum Gasteiger partial charge on any atom is 0.145 e. The van der Waals surface area contributed by atoms with Gasteiger partial charge in [-0.15, -0.1) is 0 Å². The fourth-order valence-corrected chi connectivity index (χ4v) is 5.87. The lowest BCUT2D eigenvalue weighted by molar-refractivity contribution is 0.486. The van der Waals surface area contributed by atoms with Gasteiger partial charge in [-0.1, -0.05) is 115 Å². The van der Waals surface area contributed by atoms with Crippen LogP contribution in [0.4, 0.5) is 0 Å². The summed E-state index contributed by atoms with van der Waals surface area (Å²) in [5.41, 5.74) is 10.7. The number of benzene rings is 6. The summed E-state index contributed by atoms with van der Waals surface area (Å²) in [7, 11) is 0. The number of rotatable bonds is 2. The first kappa shape index (κ1) is 24.2. The Hall–Kier alpha value is -5.67. The second-order valence-electron chi connectivity index (χ2n) is 10.4. The summed E-state index contributed by atoms with van der Waals surface area (Å²) in [5, 5.41) is 0. The molecular formula is C39H26N2O. The van der Waals surface area contributed by atoms with Gasteiger partial charge in [0.1, 0.15) is 17.3 Å². The van der Waals surface area contributed by atoms with Crippen LogP contribution in [0.2, 0.25) is 0 Å². The summed E-state index contributed by atoms with van der Waals surface area (Å²) < 4.78 is 8.97. The standard InChI is InChI=1S/C39H26N2O/c1-2-13-30(14-3-1)41-36-19-9-8-18-35(36)40-39(41)29-25-24-28-23-22-27-12-4-5-15-31(27)32-16-6-10-20-37(32)42-38-21-11-7-17-33(38)34(28)26-29/h1-26H/b23-22-. The smallest absolute Gasteiger partial charge is 0.145 e. The summed E-state index contributed by atoms with van der Waals surface area (Å²) in [6, 6.07) is 50.4. The molecule has 6 aromatic carbocycles. The van der Waals surface area contributed by atoms with E-state index in [0.717, 1.165) is 73.0 Å². The second-order valence-corrected chi connectivity index (χ2v) is 10.4. The fourth-order valence-electron chi connectivity index (χ4n) is 5.87. The number of ether oxygens (including phenoxy) is 1. The van der Waals surface area contributed by atoms with Gasteiger partial charge in [-0.25, -0.2) is 4.98 Å². The third kappa shape index (κ3) is 4.11. The molecule has 3 heteroatoms. The zero-order chi connectivity index (χ0) is 27.9. The SMILES string of the molecule is C1=C\c2ccc(-c3nc4ccccc4n3-c3ccccc3)cc2-c2ccccc2Oc2ccccc2-c2ccccc2/1. The van der Waals surface area contributed by atoms with E-state index in [1.54, 1.807) is 0 Å². The lowest BCUT2D eigenvalue weighted by Crippen LogP contribution is -1.98. The minimum atomic E-state index is 0.813. The Balaban J connectivity index is 1.38. The van der Waals surface area contributed by atoms with Gasteiger partial charge in [0.2, 0.25) is 0 Å². The van der Waals surface area contributed by atoms with Crippen molar-refractivity contribution in [3.05, 3.63) is 157 Å². The molecule has 2 heterocycles. The molecule has 0 N–H and O–H groups in total. The molecule has 0 amide bonds. The predicted molar refractivity (Wildman–Crippen MR) is 173 cm³/mol. The van der Waals surface area contributed by atoms with Gasteiger partial charge < -0.3 is 4.74 Å². The van der Waals surface area contributed by atoms with Gasteiger partial charge in [0.15, 0.2) is 0 Å². The third-order valence-corrected chi connectivity index (χ3v) is 7.86. The largest absolute Gasteiger partial charge is 0.456 e. The van der Waals surface area contributed by atoms with Crippen molar-refractivity contribution in [2.45, 2.75) is 0 Å². The van der Waals surface area contributed by atoms with Crippen LogP contribution in [0, 0.1) is 0 Å². The normalized spacial score (nSPS) is 12.7. The topological polar surface area (TPSA) is 27.1 Å². The Bertz CT molecular complexity index is 2120. The molecule has 1 aliphatic heterocycles. The number of hydrogen-bond donors (Lipinski definition) is 0. The molecule has 1 aliphatic rings. The summed E-state index contributed by atoms with van der Waals surface area (Å²) in [4.78, 5) is 5.13. The monoisotopic (exact) mass is 538 g/mol. The van der Waals surface area contributed by atoms with E-state index in [1.165, 1.54) is 0 Å². The summed E-state index contributed by atoms with van der Waals surface area (Å²) in [6.45, 7) is 0. The van der Waals surface area contributed by atoms with E-state index in [-0.39, 0.29) is 0 Å². The van der Waals surface area contributed by atoms with Crippen molar-refractivity contribution in [3.63, 3.8) is 0 Å². The van der Waals surface area contributed by atoms with E-state index >= 15 is 0 Å². The Morgan fingerprint density at radius 1 is 0.476 bits per heavy atom. The van der Waals surface area contributed by atoms with E-state index in [1.807, 2.05) is 30.3 Å². The van der Waals surface area contributed by atoms with Crippen LogP contribution in [-0.2, 0) is 0 Å². The Morgan fingerprint density at radius 2 is 1.07 bits per heavy atom. The van der Waals surface area contributed by atoms with Crippen LogP contribution >= 0.6 is 0 Å². The van der Waals surface area contributed by atoms with Crippen molar-refractivity contribution >= 4 is 23.2 Å². The van der Waals surface area contributed by atoms with E-state index in [0.29, 0.717) is 0 Å². The molecule has 0 fully saturated rings. The van der Waals surface area contributed by atoms with Crippen LogP contribution in [0.5, 0.6) is 11.5 Å². The van der Waals surface area contributed by atoms with Gasteiger partial charge in [0.05, 0.1) is 11.0 Å². The molecule has 0 atom stereocenters. The summed E-state index contributed by atoms with van der Waals surface area (Å²) in [6.07, 6.45) is 4.42. The molecule has 1 aromatic heterocycles. The highest BCUT2D eigenvalue weighted by Gasteiger charge is 2.19. The molecule has 7 aromatic rings. The summed E-state index contributed by atoms with van der Waals surface area (Å²) in [5.74, 6) is 2.54. The highest BCUT2D eigenvalue weighted by Crippen LogP contribution is 2.42. The molecule has 8 rings (SSSR count). The Morgan fingerprint density at radius 3 is 1.86 bits per heavy atom. The number of para-hydroxylation sites is 5. The van der Waals surface area contributed by atoms with Gasteiger partial charge in [-0.05, 0) is 64.7 Å². The lowest BCUT2D eigenvalue weighted by atomic mass is 9.94. The minimum Gasteiger partial charge on any atom is -0.456 e. The van der Waals surface area contributed by atoms with Crippen LogP contribution in [0.1, 0.15) is 11.1 Å². The number of imidazole rings is 1. The first-order chi connectivity index (χ1) is 20.8. The molecular weight excluding hydrogens is 512 g/mol. The minimum absolute atomic E-state index is 0.813. The van der Waals surface area contributed by atoms with Gasteiger partial charge in [0.25, 0.3) is 0 Å². The lowest BCUT2D eigenvalue weighted by Gasteiger charge is -2.16. The van der Waals surface area contributed by atoms with Crippen LogP contribution in [-0.4, -0.2) is 9.55 Å². The van der Waals surface area contributed by atoms with Crippen LogP contribution < -0.4 is 4.74 Å². The van der Waals surface area contributed by atoms with E-state index in [4.69, 9.17) is 9.72 Å². The zero-order valence-electron chi connectivity index (χ0n) is 22.8. The van der Waals surface area contributed by atoms with Crippen molar-refractivity contribution in [2.75, 3.05) is 0 Å². The zero-order valence-corrected chi connectivity index (χ0v) is 22.8. The Kier molecular flexibility index (Phi) is 5.79. The number of fused-ring (bicyclic) bond motifs is 7. The van der Waals surface area contributed by atoms with Crippen molar-refractivity contribution in [2.24, 2.45) is 0 Å². The number of nitrogens with zero attached hydrogens (tertiary/aromatic N) is 2. The molecule has 0 aliphatic carbocycles. The molecule has 0 bridgehead atoms. The van der Waals surface area contributed by atoms with Gasteiger partial charge in [-0.2, -0.15) is 0 Å². The van der Waals surface area contributed by atoms with Crippen LogP contribution in [0.3, 0.4) is 0 Å². The van der Waals surface area contributed by atoms with E-state index < -0.39 is 0 Å². The van der Waals surface area contributed by atoms with Crippen molar-refractivity contribution in [1.82, 2.24) is 9.55 Å². The predicted octanol–water partition coefficient (Wildman–Crippen LogP) is 10.3. The van der Waals surface area contributed by atoms with Gasteiger partial charge >= 0.3 is 0 Å². The molecule has 0 unspecified atom stereocenters. The van der Waals surface area contributed by atoms with Crippen LogP contribution in [0.15, 0.2) is 146 Å². The highest BCUT2D eigenvalue weighted by atomic mass is 16.5. The molecule has 0 spiro atoms. The first-order valence-electron chi connectivity index (χ1n) is 14.1. The average molecular weight is 539 g/mol. The van der Waals surface area contributed by atoms with Crippen molar-refractivity contribution in [3.8, 4) is 50.8 Å². The molecule has 198 valence electrons. The maximum absolute atomic E-state index is 6.73. The van der Waals surface area contributed by atoms with Crippen LogP contribution in [0.25, 0.3) is 62.5 Å². The highest BCUT2D eigenvalue weighted by molar-refractivity contribution is 5.91. The molecule has 3 nitrogen and oxygen atoms in total. The quantitative estimate of drug-likeness (QED) is 0.219. The maximum atomic E-state index is 6.73. The van der Waals surface area contributed by atoms with E-state index in [2.05, 4.69) is 132 Å². The number of hydrogen-bond acceptors (Lipinski definition) is 2. The molecule has 0 saturated carbocycles. The van der Waals surface area contributed by atoms with E-state index in [9.17, 15) is 0 Å².